The summed E-state index contributed by atoms with van der Waals surface area (Å²) in [6.07, 6.45) is 1.02. The first-order valence-electron chi connectivity index (χ1n) is 4.88. The lowest BCUT2D eigenvalue weighted by molar-refractivity contribution is 0.0292. The molecule has 0 saturated carbocycles. The molecule has 1 atom stereocenters. The van der Waals surface area contributed by atoms with Crippen LogP contribution in [0, 0.1) is 0 Å². The van der Waals surface area contributed by atoms with Crippen LogP contribution in [-0.2, 0) is 11.2 Å². The van der Waals surface area contributed by atoms with Gasteiger partial charge in [0.25, 0.3) is 0 Å². The van der Waals surface area contributed by atoms with E-state index in [9.17, 15) is 0 Å². The third kappa shape index (κ3) is 3.31. The molecule has 1 aromatic rings. The first-order valence-corrected chi connectivity index (χ1v) is 5.64. The molecule has 5 heteroatoms. The maximum atomic E-state index is 5.82. The van der Waals surface area contributed by atoms with E-state index < -0.39 is 0 Å². The van der Waals surface area contributed by atoms with Crippen molar-refractivity contribution in [1.29, 1.82) is 0 Å². The zero-order chi connectivity index (χ0) is 10.7. The van der Waals surface area contributed by atoms with E-state index in [2.05, 4.69) is 10.3 Å². The molecule has 1 aliphatic heterocycles. The molecule has 15 heavy (non-hydrogen) atoms. The second kappa shape index (κ2) is 5.12. The standard InChI is InChI=1S/C10H12Cl2N2O/c11-9-4-7(5-10(12)14-9)3-8-6-13-1-2-15-8/h4-5,8,13H,1-3,6H2. The van der Waals surface area contributed by atoms with Crippen molar-refractivity contribution >= 4 is 23.2 Å². The van der Waals surface area contributed by atoms with Gasteiger partial charge in [0.15, 0.2) is 0 Å². The highest BCUT2D eigenvalue weighted by Gasteiger charge is 2.14. The fraction of sp³-hybridized carbons (Fsp3) is 0.500. The highest BCUT2D eigenvalue weighted by Crippen LogP contribution is 2.17. The van der Waals surface area contributed by atoms with Gasteiger partial charge in [0.1, 0.15) is 10.3 Å². The highest BCUT2D eigenvalue weighted by molar-refractivity contribution is 6.32. The Labute approximate surface area is 98.7 Å². The molecule has 3 nitrogen and oxygen atoms in total. The van der Waals surface area contributed by atoms with Crippen LogP contribution < -0.4 is 5.32 Å². The third-order valence-corrected chi connectivity index (χ3v) is 2.68. The number of nitrogens with one attached hydrogen (secondary N) is 1. The molecular formula is C10H12Cl2N2O. The lowest BCUT2D eigenvalue weighted by Crippen LogP contribution is -2.39. The normalized spacial score (nSPS) is 21.6. The van der Waals surface area contributed by atoms with Gasteiger partial charge >= 0.3 is 0 Å². The van der Waals surface area contributed by atoms with Crippen molar-refractivity contribution in [1.82, 2.24) is 10.3 Å². The molecule has 1 saturated heterocycles. The van der Waals surface area contributed by atoms with Crippen LogP contribution in [0.5, 0.6) is 0 Å². The van der Waals surface area contributed by atoms with Crippen molar-refractivity contribution in [2.75, 3.05) is 19.7 Å². The Morgan fingerprint density at radius 1 is 1.40 bits per heavy atom. The van der Waals surface area contributed by atoms with E-state index in [1.165, 1.54) is 0 Å². The first-order chi connectivity index (χ1) is 7.24. The maximum Gasteiger partial charge on any atom is 0.131 e. The fourth-order valence-corrected chi connectivity index (χ4v) is 2.15. The van der Waals surface area contributed by atoms with E-state index >= 15 is 0 Å². The Bertz CT molecular complexity index is 320. The number of nitrogens with zero attached hydrogens (tertiary/aromatic N) is 1. The Kier molecular flexibility index (Phi) is 3.81. The zero-order valence-electron chi connectivity index (χ0n) is 8.17. The summed E-state index contributed by atoms with van der Waals surface area (Å²) in [5.41, 5.74) is 1.06. The predicted molar refractivity (Wildman–Crippen MR) is 60.6 cm³/mol. The van der Waals surface area contributed by atoms with Gasteiger partial charge in [-0.3, -0.25) is 0 Å². The average Bonchev–Trinajstić information content (AvgIpc) is 2.17. The van der Waals surface area contributed by atoms with Gasteiger partial charge in [-0.15, -0.1) is 0 Å². The van der Waals surface area contributed by atoms with Crippen LogP contribution in [0.25, 0.3) is 0 Å². The van der Waals surface area contributed by atoms with Crippen LogP contribution >= 0.6 is 23.2 Å². The summed E-state index contributed by atoms with van der Waals surface area (Å²) in [5, 5.41) is 4.14. The zero-order valence-corrected chi connectivity index (χ0v) is 9.68. The number of morpholine rings is 1. The Morgan fingerprint density at radius 3 is 2.73 bits per heavy atom. The van der Waals surface area contributed by atoms with Gasteiger partial charge in [0.2, 0.25) is 0 Å². The van der Waals surface area contributed by atoms with E-state index in [4.69, 9.17) is 27.9 Å². The summed E-state index contributed by atoms with van der Waals surface area (Å²) in [6, 6.07) is 3.65. The molecule has 1 fully saturated rings. The minimum absolute atomic E-state index is 0.202. The lowest BCUT2D eigenvalue weighted by atomic mass is 10.1. The van der Waals surface area contributed by atoms with Crippen LogP contribution in [0.2, 0.25) is 10.3 Å². The summed E-state index contributed by atoms with van der Waals surface area (Å²) in [5.74, 6) is 0. The number of hydrogen-bond donors (Lipinski definition) is 1. The molecule has 82 valence electrons. The first kappa shape index (κ1) is 11.1. The number of hydrogen-bond acceptors (Lipinski definition) is 3. The predicted octanol–water partition coefficient (Wildman–Crippen LogP) is 1.92. The molecule has 1 aromatic heterocycles. The SMILES string of the molecule is Clc1cc(CC2CNCCO2)cc(Cl)n1. The van der Waals surface area contributed by atoms with E-state index in [0.717, 1.165) is 31.7 Å². The number of aromatic nitrogens is 1. The van der Waals surface area contributed by atoms with Crippen LogP contribution in [0.3, 0.4) is 0 Å². The summed E-state index contributed by atoms with van der Waals surface area (Å²) >= 11 is 11.6. The average molecular weight is 247 g/mol. The van der Waals surface area contributed by atoms with Gasteiger partial charge in [0, 0.05) is 19.5 Å². The summed E-state index contributed by atoms with van der Waals surface area (Å²) in [4.78, 5) is 3.90. The molecule has 0 aromatic carbocycles. The third-order valence-electron chi connectivity index (χ3n) is 2.29. The molecule has 1 aliphatic rings. The largest absolute Gasteiger partial charge is 0.375 e. The maximum absolute atomic E-state index is 5.82. The van der Waals surface area contributed by atoms with Gasteiger partial charge in [-0.25, -0.2) is 4.98 Å². The van der Waals surface area contributed by atoms with E-state index in [-0.39, 0.29) is 6.10 Å². The summed E-state index contributed by atoms with van der Waals surface area (Å²) in [6.45, 7) is 2.56. The van der Waals surface area contributed by atoms with Gasteiger partial charge in [-0.05, 0) is 17.7 Å². The van der Waals surface area contributed by atoms with Crippen LogP contribution in [0.1, 0.15) is 5.56 Å². The van der Waals surface area contributed by atoms with Crippen LogP contribution in [0.15, 0.2) is 12.1 Å². The van der Waals surface area contributed by atoms with Gasteiger partial charge < -0.3 is 10.1 Å². The van der Waals surface area contributed by atoms with Gasteiger partial charge in [-0.2, -0.15) is 0 Å². The van der Waals surface area contributed by atoms with E-state index in [0.29, 0.717) is 10.3 Å². The van der Waals surface area contributed by atoms with Crippen LogP contribution in [-0.4, -0.2) is 30.8 Å². The second-order valence-electron chi connectivity index (χ2n) is 3.52. The second-order valence-corrected chi connectivity index (χ2v) is 4.30. The van der Waals surface area contributed by atoms with Gasteiger partial charge in [0.05, 0.1) is 12.7 Å². The number of halogens is 2. The number of rotatable bonds is 2. The monoisotopic (exact) mass is 246 g/mol. The van der Waals surface area contributed by atoms with Crippen molar-refractivity contribution in [3.63, 3.8) is 0 Å². The Hall–Kier alpha value is -0.350. The molecule has 1 N–H and O–H groups in total. The molecule has 0 bridgehead atoms. The topological polar surface area (TPSA) is 34.1 Å². The van der Waals surface area contributed by atoms with Crippen molar-refractivity contribution < 1.29 is 4.74 Å². The molecule has 0 radical (unpaired) electrons. The van der Waals surface area contributed by atoms with E-state index in [1.807, 2.05) is 12.1 Å². The molecule has 2 rings (SSSR count). The Morgan fingerprint density at radius 2 is 2.13 bits per heavy atom. The summed E-state index contributed by atoms with van der Waals surface area (Å²) in [7, 11) is 0. The van der Waals surface area contributed by atoms with Crippen LogP contribution in [0.4, 0.5) is 0 Å². The van der Waals surface area contributed by atoms with Crippen molar-refractivity contribution in [3.8, 4) is 0 Å². The quantitative estimate of drug-likeness (QED) is 0.811. The molecule has 0 spiro atoms. The lowest BCUT2D eigenvalue weighted by Gasteiger charge is -2.23. The van der Waals surface area contributed by atoms with Crippen molar-refractivity contribution in [2.45, 2.75) is 12.5 Å². The number of ether oxygens (including phenoxy) is 1. The van der Waals surface area contributed by atoms with Gasteiger partial charge in [-0.1, -0.05) is 23.2 Å². The molecule has 2 heterocycles. The fourth-order valence-electron chi connectivity index (χ4n) is 1.65. The summed E-state index contributed by atoms with van der Waals surface area (Å²) < 4.78 is 5.59. The molecule has 1 unspecified atom stereocenters. The van der Waals surface area contributed by atoms with E-state index in [1.54, 1.807) is 0 Å². The van der Waals surface area contributed by atoms with Crippen molar-refractivity contribution in [2.24, 2.45) is 0 Å². The highest BCUT2D eigenvalue weighted by atomic mass is 35.5. The smallest absolute Gasteiger partial charge is 0.131 e. The molecule has 0 amide bonds. The van der Waals surface area contributed by atoms with Crippen molar-refractivity contribution in [3.05, 3.63) is 28.0 Å². The molecular weight excluding hydrogens is 235 g/mol. The number of pyridine rings is 1. The minimum Gasteiger partial charge on any atom is -0.375 e. The Balaban J connectivity index is 2.02. The molecule has 0 aliphatic carbocycles. The minimum atomic E-state index is 0.202.